The van der Waals surface area contributed by atoms with E-state index in [2.05, 4.69) is 41.5 Å². The van der Waals surface area contributed by atoms with E-state index in [-0.39, 0.29) is 0 Å². The molecular weight excluding hydrogens is 204 g/mol. The van der Waals surface area contributed by atoms with Crippen molar-refractivity contribution in [1.29, 1.82) is 0 Å². The molecule has 0 bridgehead atoms. The van der Waals surface area contributed by atoms with Crippen LogP contribution >= 0.6 is 0 Å². The molecule has 0 spiro atoms. The minimum atomic E-state index is 0.503. The summed E-state index contributed by atoms with van der Waals surface area (Å²) in [5, 5.41) is 0. The predicted molar refractivity (Wildman–Crippen MR) is 78.2 cm³/mol. The number of rotatable bonds is 4. The fourth-order valence-electron chi connectivity index (χ4n) is 3.45. The Hall–Kier alpha value is 0. The maximum atomic E-state index is 2.56. The molecular formula is C17H34. The van der Waals surface area contributed by atoms with Crippen LogP contribution in [0.15, 0.2) is 0 Å². The van der Waals surface area contributed by atoms with Crippen LogP contribution in [0.1, 0.15) is 86.5 Å². The molecule has 1 aliphatic rings. The number of hydrogen-bond donors (Lipinski definition) is 0. The summed E-state index contributed by atoms with van der Waals surface area (Å²) in [6, 6.07) is 0. The molecule has 0 amide bonds. The predicted octanol–water partition coefficient (Wildman–Crippen LogP) is 6.06. The van der Waals surface area contributed by atoms with Crippen LogP contribution in [0.2, 0.25) is 0 Å². The van der Waals surface area contributed by atoms with Crippen LogP contribution in [0.4, 0.5) is 0 Å². The van der Waals surface area contributed by atoms with E-state index >= 15 is 0 Å². The second kappa shape index (κ2) is 5.76. The van der Waals surface area contributed by atoms with Crippen LogP contribution in [0.3, 0.4) is 0 Å². The topological polar surface area (TPSA) is 0 Å². The Morgan fingerprint density at radius 2 is 1.94 bits per heavy atom. The third kappa shape index (κ3) is 4.64. The van der Waals surface area contributed by atoms with Gasteiger partial charge in [-0.25, -0.2) is 0 Å². The highest BCUT2D eigenvalue weighted by Crippen LogP contribution is 2.47. The molecule has 0 aromatic carbocycles. The van der Waals surface area contributed by atoms with Gasteiger partial charge in [-0.2, -0.15) is 0 Å². The van der Waals surface area contributed by atoms with Gasteiger partial charge >= 0.3 is 0 Å². The molecule has 17 heavy (non-hydrogen) atoms. The van der Waals surface area contributed by atoms with Gasteiger partial charge in [-0.15, -0.1) is 0 Å². The Morgan fingerprint density at radius 1 is 1.29 bits per heavy atom. The van der Waals surface area contributed by atoms with E-state index in [1.807, 2.05) is 0 Å². The molecule has 0 radical (unpaired) electrons. The van der Waals surface area contributed by atoms with Gasteiger partial charge in [0.05, 0.1) is 0 Å². The molecule has 0 saturated heterocycles. The molecule has 102 valence electrons. The lowest BCUT2D eigenvalue weighted by atomic mass is 9.62. The van der Waals surface area contributed by atoms with Crippen LogP contribution in [-0.4, -0.2) is 0 Å². The highest BCUT2D eigenvalue weighted by molar-refractivity contribution is 4.87. The van der Waals surface area contributed by atoms with Crippen molar-refractivity contribution in [1.82, 2.24) is 0 Å². The zero-order valence-corrected chi connectivity index (χ0v) is 13.1. The van der Waals surface area contributed by atoms with Crippen LogP contribution in [-0.2, 0) is 0 Å². The second-order valence-electron chi connectivity index (χ2n) is 8.03. The summed E-state index contributed by atoms with van der Waals surface area (Å²) >= 11 is 0. The van der Waals surface area contributed by atoms with E-state index < -0.39 is 0 Å². The first-order valence-corrected chi connectivity index (χ1v) is 7.77. The normalized spacial score (nSPS) is 32.5. The van der Waals surface area contributed by atoms with E-state index in [1.165, 1.54) is 44.9 Å². The molecule has 0 aromatic heterocycles. The first-order valence-electron chi connectivity index (χ1n) is 7.77. The monoisotopic (exact) mass is 238 g/mol. The summed E-state index contributed by atoms with van der Waals surface area (Å²) in [6.07, 6.45) is 10.1. The second-order valence-corrected chi connectivity index (χ2v) is 8.03. The molecule has 0 nitrogen and oxygen atoms in total. The van der Waals surface area contributed by atoms with E-state index in [1.54, 1.807) is 0 Å². The van der Waals surface area contributed by atoms with Gasteiger partial charge < -0.3 is 0 Å². The summed E-state index contributed by atoms with van der Waals surface area (Å²) in [4.78, 5) is 0. The molecule has 1 rings (SSSR count). The van der Waals surface area contributed by atoms with Gasteiger partial charge in [-0.05, 0) is 48.3 Å². The molecule has 1 aliphatic carbocycles. The van der Waals surface area contributed by atoms with Gasteiger partial charge in [0.1, 0.15) is 0 Å². The van der Waals surface area contributed by atoms with Crippen molar-refractivity contribution in [2.24, 2.45) is 22.7 Å². The summed E-state index contributed by atoms with van der Waals surface area (Å²) in [6.45, 7) is 14.6. The van der Waals surface area contributed by atoms with Gasteiger partial charge in [-0.3, -0.25) is 0 Å². The largest absolute Gasteiger partial charge is 0.0651 e. The van der Waals surface area contributed by atoms with Crippen LogP contribution in [0, 0.1) is 22.7 Å². The van der Waals surface area contributed by atoms with Gasteiger partial charge in [0.25, 0.3) is 0 Å². The highest BCUT2D eigenvalue weighted by Gasteiger charge is 2.36. The van der Waals surface area contributed by atoms with Crippen LogP contribution < -0.4 is 0 Å². The molecule has 3 unspecified atom stereocenters. The van der Waals surface area contributed by atoms with E-state index in [0.717, 1.165) is 11.8 Å². The van der Waals surface area contributed by atoms with E-state index in [9.17, 15) is 0 Å². The fourth-order valence-corrected chi connectivity index (χ4v) is 3.45. The lowest BCUT2D eigenvalue weighted by Gasteiger charge is -2.43. The minimum absolute atomic E-state index is 0.503. The molecule has 0 heterocycles. The van der Waals surface area contributed by atoms with Crippen molar-refractivity contribution in [3.8, 4) is 0 Å². The Bertz CT molecular complexity index is 223. The summed E-state index contributed by atoms with van der Waals surface area (Å²) < 4.78 is 0. The van der Waals surface area contributed by atoms with Gasteiger partial charge in [0.2, 0.25) is 0 Å². The molecule has 0 N–H and O–H groups in total. The van der Waals surface area contributed by atoms with Gasteiger partial charge in [0, 0.05) is 0 Å². The molecule has 0 aromatic rings. The van der Waals surface area contributed by atoms with Crippen molar-refractivity contribution in [3.63, 3.8) is 0 Å². The summed E-state index contributed by atoms with van der Waals surface area (Å²) in [5.41, 5.74) is 1.13. The zero-order chi connectivity index (χ0) is 13.1. The summed E-state index contributed by atoms with van der Waals surface area (Å²) in [5.74, 6) is 1.90. The maximum absolute atomic E-state index is 2.56. The first kappa shape index (κ1) is 15.1. The Kier molecular flexibility index (Phi) is 5.10. The molecule has 0 heteroatoms. The van der Waals surface area contributed by atoms with Crippen LogP contribution in [0.25, 0.3) is 0 Å². The lowest BCUT2D eigenvalue weighted by molar-refractivity contribution is 0.0783. The van der Waals surface area contributed by atoms with Gasteiger partial charge in [0.15, 0.2) is 0 Å². The van der Waals surface area contributed by atoms with E-state index in [0.29, 0.717) is 10.8 Å². The van der Waals surface area contributed by atoms with Crippen molar-refractivity contribution in [2.75, 3.05) is 0 Å². The van der Waals surface area contributed by atoms with Crippen molar-refractivity contribution < 1.29 is 0 Å². The Labute approximate surface area is 110 Å². The molecule has 1 saturated carbocycles. The fraction of sp³-hybridized carbons (Fsp3) is 1.00. The Balaban J connectivity index is 2.51. The van der Waals surface area contributed by atoms with Crippen molar-refractivity contribution in [3.05, 3.63) is 0 Å². The van der Waals surface area contributed by atoms with E-state index in [4.69, 9.17) is 0 Å². The lowest BCUT2D eigenvalue weighted by Crippen LogP contribution is -2.32. The van der Waals surface area contributed by atoms with Crippen molar-refractivity contribution >= 4 is 0 Å². The highest BCUT2D eigenvalue weighted by atomic mass is 14.4. The van der Waals surface area contributed by atoms with Gasteiger partial charge in [-0.1, -0.05) is 60.8 Å². The zero-order valence-electron chi connectivity index (χ0n) is 13.1. The first-order chi connectivity index (χ1) is 7.77. The smallest absolute Gasteiger partial charge is 0.0298 e. The SMILES string of the molecule is CCC1CCCC(C)(C(C)CCC(C)(C)C)C1. The maximum Gasteiger partial charge on any atom is -0.0298 e. The number of hydrogen-bond acceptors (Lipinski definition) is 0. The van der Waals surface area contributed by atoms with Crippen molar-refractivity contribution in [2.45, 2.75) is 86.5 Å². The third-order valence-corrected chi connectivity index (χ3v) is 5.21. The molecule has 3 atom stereocenters. The standard InChI is InChI=1S/C17H34/c1-7-15-9-8-11-17(6,13-15)14(2)10-12-16(3,4)5/h14-15H,7-13H2,1-6H3. The quantitative estimate of drug-likeness (QED) is 0.559. The minimum Gasteiger partial charge on any atom is -0.0651 e. The molecule has 0 aliphatic heterocycles. The summed E-state index contributed by atoms with van der Waals surface area (Å²) in [7, 11) is 0. The third-order valence-electron chi connectivity index (χ3n) is 5.21. The van der Waals surface area contributed by atoms with Crippen LogP contribution in [0.5, 0.6) is 0 Å². The average molecular weight is 238 g/mol. The average Bonchev–Trinajstić information content (AvgIpc) is 2.24. The molecule has 1 fully saturated rings. The Morgan fingerprint density at radius 3 is 2.47 bits per heavy atom.